The summed E-state index contributed by atoms with van der Waals surface area (Å²) in [5, 5.41) is 2.80. The van der Waals surface area contributed by atoms with E-state index in [1.807, 2.05) is 6.92 Å². The molecule has 0 aromatic heterocycles. The maximum Gasteiger partial charge on any atom is 0.245 e. The van der Waals surface area contributed by atoms with E-state index in [0.29, 0.717) is 6.54 Å². The molecule has 96 valence electrons. The lowest BCUT2D eigenvalue weighted by atomic mass is 10.1. The Morgan fingerprint density at radius 2 is 1.94 bits per heavy atom. The predicted molar refractivity (Wildman–Crippen MR) is 69.5 cm³/mol. The Hall–Kier alpha value is -1.58. The first-order chi connectivity index (χ1) is 8.01. The van der Waals surface area contributed by atoms with Crippen LogP contribution in [0.3, 0.4) is 0 Å². The molecule has 0 saturated carbocycles. The van der Waals surface area contributed by atoms with E-state index in [4.69, 9.17) is 0 Å². The maximum absolute atomic E-state index is 11.2. The monoisotopic (exact) mass is 238 g/mol. The molecule has 17 heavy (non-hydrogen) atoms. The van der Waals surface area contributed by atoms with Gasteiger partial charge in [0.15, 0.2) is 0 Å². The molecule has 0 aliphatic heterocycles. The number of carbonyl (C=O) groups excluding carboxylic acids is 2. The Labute approximate surface area is 103 Å². The van der Waals surface area contributed by atoms with Crippen molar-refractivity contribution in [1.29, 1.82) is 0 Å². The molecule has 0 fully saturated rings. The van der Waals surface area contributed by atoms with Gasteiger partial charge in [0.2, 0.25) is 11.8 Å². The van der Waals surface area contributed by atoms with E-state index >= 15 is 0 Å². The zero-order chi connectivity index (χ0) is 13.3. The molecule has 1 unspecified atom stereocenters. The Morgan fingerprint density at radius 3 is 2.47 bits per heavy atom. The highest BCUT2D eigenvalue weighted by atomic mass is 16.2. The van der Waals surface area contributed by atoms with Gasteiger partial charge in [0, 0.05) is 19.6 Å². The Bertz CT molecular complexity index is 287. The molecule has 1 atom stereocenters. The Kier molecular flexibility index (Phi) is 7.76. The fraction of sp³-hybridized carbons (Fsp3) is 0.538. The van der Waals surface area contributed by atoms with Gasteiger partial charge >= 0.3 is 0 Å². The number of rotatable bonds is 8. The molecule has 0 saturated heterocycles. The van der Waals surface area contributed by atoms with Gasteiger partial charge in [0.1, 0.15) is 0 Å². The normalized spacial score (nSPS) is 11.4. The third kappa shape index (κ3) is 7.33. The van der Waals surface area contributed by atoms with Gasteiger partial charge in [0.25, 0.3) is 0 Å². The number of nitrogens with one attached hydrogen (secondary N) is 1. The van der Waals surface area contributed by atoms with Crippen LogP contribution in [0.25, 0.3) is 0 Å². The standard InChI is InChI=1S/C13H22N2O2/c1-5-12(16)14-11(3)9-7-8-10-15(4)13(17)6-2/h5-6,11H,1-2,7-10H2,3-4H3,(H,14,16). The van der Waals surface area contributed by atoms with Gasteiger partial charge < -0.3 is 10.2 Å². The topological polar surface area (TPSA) is 49.4 Å². The summed E-state index contributed by atoms with van der Waals surface area (Å²) in [6, 6.07) is 0.140. The first-order valence-corrected chi connectivity index (χ1v) is 5.81. The summed E-state index contributed by atoms with van der Waals surface area (Å²) in [5.74, 6) is -0.200. The summed E-state index contributed by atoms with van der Waals surface area (Å²) in [6.07, 6.45) is 5.37. The van der Waals surface area contributed by atoms with Crippen molar-refractivity contribution in [2.24, 2.45) is 0 Å². The van der Waals surface area contributed by atoms with Crippen LogP contribution >= 0.6 is 0 Å². The average molecular weight is 238 g/mol. The van der Waals surface area contributed by atoms with Crippen molar-refractivity contribution in [1.82, 2.24) is 10.2 Å². The van der Waals surface area contributed by atoms with Gasteiger partial charge in [-0.25, -0.2) is 0 Å². The van der Waals surface area contributed by atoms with E-state index in [1.165, 1.54) is 12.2 Å². The second-order valence-electron chi connectivity index (χ2n) is 4.07. The van der Waals surface area contributed by atoms with Gasteiger partial charge in [-0.2, -0.15) is 0 Å². The van der Waals surface area contributed by atoms with Crippen LogP contribution in [0, 0.1) is 0 Å². The molecule has 0 heterocycles. The van der Waals surface area contributed by atoms with Gasteiger partial charge in [0.05, 0.1) is 0 Å². The first-order valence-electron chi connectivity index (χ1n) is 5.81. The van der Waals surface area contributed by atoms with Gasteiger partial charge in [-0.05, 0) is 38.3 Å². The molecular formula is C13H22N2O2. The van der Waals surface area contributed by atoms with E-state index < -0.39 is 0 Å². The van der Waals surface area contributed by atoms with E-state index in [9.17, 15) is 9.59 Å². The number of carbonyl (C=O) groups is 2. The molecule has 0 aromatic carbocycles. The van der Waals surface area contributed by atoms with Crippen molar-refractivity contribution in [2.45, 2.75) is 32.2 Å². The summed E-state index contributed by atoms with van der Waals surface area (Å²) >= 11 is 0. The molecule has 1 N–H and O–H groups in total. The largest absolute Gasteiger partial charge is 0.350 e. The molecule has 4 nitrogen and oxygen atoms in total. The number of hydrogen-bond donors (Lipinski definition) is 1. The van der Waals surface area contributed by atoms with Crippen LogP contribution in [0.15, 0.2) is 25.3 Å². The SMILES string of the molecule is C=CC(=O)NC(C)CCCCN(C)C(=O)C=C. The van der Waals surface area contributed by atoms with Crippen LogP contribution in [0.2, 0.25) is 0 Å². The number of unbranched alkanes of at least 4 members (excludes halogenated alkanes) is 1. The van der Waals surface area contributed by atoms with Crippen LogP contribution in [0.1, 0.15) is 26.2 Å². The number of hydrogen-bond acceptors (Lipinski definition) is 2. The highest BCUT2D eigenvalue weighted by Crippen LogP contribution is 2.02. The molecule has 0 bridgehead atoms. The van der Waals surface area contributed by atoms with Gasteiger partial charge in [-0.1, -0.05) is 13.2 Å². The van der Waals surface area contributed by atoms with Crippen molar-refractivity contribution >= 4 is 11.8 Å². The minimum absolute atomic E-state index is 0.0574. The summed E-state index contributed by atoms with van der Waals surface area (Å²) in [7, 11) is 1.76. The maximum atomic E-state index is 11.2. The zero-order valence-corrected chi connectivity index (χ0v) is 10.7. The van der Waals surface area contributed by atoms with Crippen LogP contribution in [-0.2, 0) is 9.59 Å². The molecular weight excluding hydrogens is 216 g/mol. The van der Waals surface area contributed by atoms with E-state index in [1.54, 1.807) is 11.9 Å². The quantitative estimate of drug-likeness (QED) is 0.514. The summed E-state index contributed by atoms with van der Waals surface area (Å²) in [5.41, 5.74) is 0. The van der Waals surface area contributed by atoms with Gasteiger partial charge in [-0.3, -0.25) is 9.59 Å². The Morgan fingerprint density at radius 1 is 1.29 bits per heavy atom. The molecule has 0 aromatic rings. The van der Waals surface area contributed by atoms with Crippen molar-refractivity contribution in [3.8, 4) is 0 Å². The highest BCUT2D eigenvalue weighted by Gasteiger charge is 2.06. The minimum atomic E-state index is -0.142. The molecule has 0 spiro atoms. The predicted octanol–water partition coefficient (Wildman–Crippen LogP) is 1.49. The molecule has 0 aliphatic carbocycles. The number of amides is 2. The number of nitrogens with zero attached hydrogens (tertiary/aromatic N) is 1. The van der Waals surface area contributed by atoms with Crippen LogP contribution in [-0.4, -0.2) is 36.3 Å². The Balaban J connectivity index is 3.63. The molecule has 2 amide bonds. The van der Waals surface area contributed by atoms with Gasteiger partial charge in [-0.15, -0.1) is 0 Å². The molecule has 0 aliphatic rings. The second-order valence-corrected chi connectivity index (χ2v) is 4.07. The fourth-order valence-corrected chi connectivity index (χ4v) is 1.44. The molecule has 0 rings (SSSR count). The average Bonchev–Trinajstić information content (AvgIpc) is 2.32. The smallest absolute Gasteiger partial charge is 0.245 e. The van der Waals surface area contributed by atoms with E-state index in [2.05, 4.69) is 18.5 Å². The summed E-state index contributed by atoms with van der Waals surface area (Å²) in [4.78, 5) is 23.8. The third-order valence-electron chi connectivity index (χ3n) is 2.51. The lowest BCUT2D eigenvalue weighted by molar-refractivity contribution is -0.124. The van der Waals surface area contributed by atoms with Crippen LogP contribution in [0.4, 0.5) is 0 Å². The van der Waals surface area contributed by atoms with Crippen molar-refractivity contribution in [3.63, 3.8) is 0 Å². The fourth-order valence-electron chi connectivity index (χ4n) is 1.44. The molecule has 0 radical (unpaired) electrons. The summed E-state index contributed by atoms with van der Waals surface area (Å²) in [6.45, 7) is 9.50. The van der Waals surface area contributed by atoms with Crippen LogP contribution in [0.5, 0.6) is 0 Å². The molecule has 4 heteroatoms. The number of likely N-dealkylation sites (N-methyl/N-ethyl adjacent to an activating group) is 1. The van der Waals surface area contributed by atoms with Crippen molar-refractivity contribution < 1.29 is 9.59 Å². The zero-order valence-electron chi connectivity index (χ0n) is 10.7. The van der Waals surface area contributed by atoms with E-state index in [-0.39, 0.29) is 17.9 Å². The third-order valence-corrected chi connectivity index (χ3v) is 2.51. The van der Waals surface area contributed by atoms with E-state index in [0.717, 1.165) is 19.3 Å². The van der Waals surface area contributed by atoms with Crippen molar-refractivity contribution in [2.75, 3.05) is 13.6 Å². The first kappa shape index (κ1) is 15.4. The lowest BCUT2D eigenvalue weighted by Crippen LogP contribution is -2.31. The summed E-state index contributed by atoms with van der Waals surface area (Å²) < 4.78 is 0. The minimum Gasteiger partial charge on any atom is -0.350 e. The van der Waals surface area contributed by atoms with Crippen molar-refractivity contribution in [3.05, 3.63) is 25.3 Å². The second kappa shape index (κ2) is 8.56. The highest BCUT2D eigenvalue weighted by molar-refractivity contribution is 5.87. The van der Waals surface area contributed by atoms with Crippen LogP contribution < -0.4 is 5.32 Å². The lowest BCUT2D eigenvalue weighted by Gasteiger charge is -2.16.